The van der Waals surface area contributed by atoms with Crippen molar-refractivity contribution >= 4 is 22.8 Å². The Kier molecular flexibility index (Phi) is 3.97. The minimum Gasteiger partial charge on any atom is -0.457 e. The first-order valence-electron chi connectivity index (χ1n) is 7.07. The van der Waals surface area contributed by atoms with Crippen LogP contribution in [0.2, 0.25) is 0 Å². The maximum Gasteiger partial charge on any atom is 0.296 e. The van der Waals surface area contributed by atoms with Gasteiger partial charge in [-0.2, -0.15) is 4.99 Å². The Morgan fingerprint density at radius 1 is 1.13 bits per heavy atom. The third-order valence-corrected chi connectivity index (χ3v) is 3.28. The van der Waals surface area contributed by atoms with Crippen LogP contribution in [-0.2, 0) is 0 Å². The van der Waals surface area contributed by atoms with Crippen LogP contribution in [0.25, 0.3) is 10.9 Å². The summed E-state index contributed by atoms with van der Waals surface area (Å²) in [5.41, 5.74) is 6.66. The highest BCUT2D eigenvalue weighted by Crippen LogP contribution is 2.26. The van der Waals surface area contributed by atoms with Gasteiger partial charge in [0.25, 0.3) is 5.91 Å². The second kappa shape index (κ2) is 6.23. The Morgan fingerprint density at radius 3 is 2.65 bits per heavy atom. The molecule has 1 amide bonds. The van der Waals surface area contributed by atoms with Gasteiger partial charge in [0.2, 0.25) is 0 Å². The average Bonchev–Trinajstić information content (AvgIpc) is 2.99. The molecule has 6 heteroatoms. The molecule has 1 heterocycles. The van der Waals surface area contributed by atoms with Gasteiger partial charge in [-0.1, -0.05) is 18.2 Å². The van der Waals surface area contributed by atoms with Crippen molar-refractivity contribution in [3.8, 4) is 11.5 Å². The molecule has 0 unspecified atom stereocenters. The van der Waals surface area contributed by atoms with Crippen LogP contribution in [0.1, 0.15) is 10.5 Å². The second-order valence-electron chi connectivity index (χ2n) is 4.90. The summed E-state index contributed by atoms with van der Waals surface area (Å²) < 4.78 is 5.78. The van der Waals surface area contributed by atoms with Crippen LogP contribution in [0.5, 0.6) is 11.5 Å². The highest BCUT2D eigenvalue weighted by atomic mass is 16.5. The minimum absolute atomic E-state index is 0.0711. The smallest absolute Gasteiger partial charge is 0.296 e. The molecule has 0 saturated carbocycles. The molecule has 0 aliphatic heterocycles. The van der Waals surface area contributed by atoms with Crippen molar-refractivity contribution in [2.45, 2.75) is 0 Å². The fourth-order valence-electron chi connectivity index (χ4n) is 2.14. The first-order valence-corrected chi connectivity index (χ1v) is 7.07. The number of carbonyl (C=O) groups excluding carboxylic acids is 1. The molecular formula is C17H16N4O2. The van der Waals surface area contributed by atoms with Crippen molar-refractivity contribution < 1.29 is 9.53 Å². The number of aliphatic imine (C=N–C) groups is 1. The van der Waals surface area contributed by atoms with Gasteiger partial charge in [0.1, 0.15) is 17.2 Å². The lowest BCUT2D eigenvalue weighted by Gasteiger charge is -2.04. The highest BCUT2D eigenvalue weighted by Gasteiger charge is 2.10. The topological polar surface area (TPSA) is 92.5 Å². The monoisotopic (exact) mass is 308 g/mol. The Balaban J connectivity index is 1.87. The SMILES string of the molecule is CNC(N)=NC(=O)c1cc2ccc(Oc3ccccc3)cc2[nH]1. The van der Waals surface area contributed by atoms with E-state index in [1.165, 1.54) is 0 Å². The minimum atomic E-state index is -0.432. The summed E-state index contributed by atoms with van der Waals surface area (Å²) in [6.07, 6.45) is 0. The fourth-order valence-corrected chi connectivity index (χ4v) is 2.14. The zero-order valence-corrected chi connectivity index (χ0v) is 12.5. The number of hydrogen-bond acceptors (Lipinski definition) is 2. The van der Waals surface area contributed by atoms with Crippen molar-refractivity contribution in [3.05, 3.63) is 60.3 Å². The molecular weight excluding hydrogens is 292 g/mol. The molecule has 0 spiro atoms. The number of para-hydroxylation sites is 1. The summed E-state index contributed by atoms with van der Waals surface area (Å²) in [5.74, 6) is 1.07. The number of nitrogens with zero attached hydrogens (tertiary/aromatic N) is 1. The summed E-state index contributed by atoms with van der Waals surface area (Å²) in [6.45, 7) is 0. The Bertz CT molecular complexity index is 869. The quantitative estimate of drug-likeness (QED) is 0.512. The highest BCUT2D eigenvalue weighted by molar-refractivity contribution is 6.04. The molecule has 0 aliphatic carbocycles. The number of aromatic amines is 1. The number of aromatic nitrogens is 1. The number of amides is 1. The number of fused-ring (bicyclic) bond motifs is 1. The van der Waals surface area contributed by atoms with Gasteiger partial charge < -0.3 is 20.8 Å². The van der Waals surface area contributed by atoms with Gasteiger partial charge in [0.15, 0.2) is 5.96 Å². The number of nitrogens with two attached hydrogens (primary N) is 1. The first-order chi connectivity index (χ1) is 11.2. The molecule has 3 rings (SSSR count). The van der Waals surface area contributed by atoms with Gasteiger partial charge in [0.05, 0.1) is 0 Å². The number of guanidine groups is 1. The Morgan fingerprint density at radius 2 is 1.91 bits per heavy atom. The molecule has 116 valence electrons. The Hall–Kier alpha value is -3.28. The lowest BCUT2D eigenvalue weighted by atomic mass is 10.2. The third kappa shape index (κ3) is 3.32. The van der Waals surface area contributed by atoms with Crippen molar-refractivity contribution in [2.75, 3.05) is 7.05 Å². The molecule has 0 saturated heterocycles. The van der Waals surface area contributed by atoms with Crippen LogP contribution < -0.4 is 15.8 Å². The summed E-state index contributed by atoms with van der Waals surface area (Å²) in [4.78, 5) is 18.8. The summed E-state index contributed by atoms with van der Waals surface area (Å²) in [7, 11) is 1.60. The van der Waals surface area contributed by atoms with E-state index in [9.17, 15) is 4.79 Å². The lowest BCUT2D eigenvalue weighted by molar-refractivity contribution is 0.0998. The molecule has 1 aromatic heterocycles. The molecule has 0 fully saturated rings. The molecule has 0 bridgehead atoms. The maximum atomic E-state index is 12.0. The van der Waals surface area contributed by atoms with Crippen LogP contribution in [0.15, 0.2) is 59.6 Å². The lowest BCUT2D eigenvalue weighted by Crippen LogP contribution is -2.28. The molecule has 0 radical (unpaired) electrons. The zero-order valence-electron chi connectivity index (χ0n) is 12.5. The average molecular weight is 308 g/mol. The number of carbonyl (C=O) groups is 1. The summed E-state index contributed by atoms with van der Waals surface area (Å²) in [6, 6.07) is 16.8. The van der Waals surface area contributed by atoms with Crippen molar-refractivity contribution in [3.63, 3.8) is 0 Å². The van der Waals surface area contributed by atoms with Crippen LogP contribution in [0.3, 0.4) is 0 Å². The molecule has 4 N–H and O–H groups in total. The van der Waals surface area contributed by atoms with Crippen molar-refractivity contribution in [1.29, 1.82) is 0 Å². The summed E-state index contributed by atoms with van der Waals surface area (Å²) in [5, 5.41) is 3.50. The van der Waals surface area contributed by atoms with Crippen molar-refractivity contribution in [1.82, 2.24) is 10.3 Å². The van der Waals surface area contributed by atoms with Crippen LogP contribution in [0.4, 0.5) is 0 Å². The Labute approximate surface area is 133 Å². The number of H-pyrrole nitrogens is 1. The largest absolute Gasteiger partial charge is 0.457 e. The van der Waals surface area contributed by atoms with Gasteiger partial charge in [-0.15, -0.1) is 0 Å². The van der Waals surface area contributed by atoms with Gasteiger partial charge in [-0.05, 0) is 30.3 Å². The van der Waals surface area contributed by atoms with E-state index in [2.05, 4.69) is 15.3 Å². The second-order valence-corrected chi connectivity index (χ2v) is 4.90. The fraction of sp³-hybridized carbons (Fsp3) is 0.0588. The zero-order chi connectivity index (χ0) is 16.2. The van der Waals surface area contributed by atoms with E-state index >= 15 is 0 Å². The molecule has 23 heavy (non-hydrogen) atoms. The molecule has 3 aromatic rings. The van der Waals surface area contributed by atoms with E-state index in [1.807, 2.05) is 48.5 Å². The van der Waals surface area contributed by atoms with Crippen LogP contribution in [-0.4, -0.2) is 23.9 Å². The van der Waals surface area contributed by atoms with E-state index < -0.39 is 5.91 Å². The molecule has 0 atom stereocenters. The number of nitrogens with one attached hydrogen (secondary N) is 2. The van der Waals surface area contributed by atoms with Gasteiger partial charge >= 0.3 is 0 Å². The number of rotatable bonds is 3. The van der Waals surface area contributed by atoms with E-state index in [0.29, 0.717) is 11.4 Å². The molecule has 6 nitrogen and oxygen atoms in total. The van der Waals surface area contributed by atoms with E-state index in [0.717, 1.165) is 16.7 Å². The van der Waals surface area contributed by atoms with Crippen LogP contribution in [0, 0.1) is 0 Å². The van der Waals surface area contributed by atoms with Gasteiger partial charge in [-0.3, -0.25) is 4.79 Å². The first kappa shape index (κ1) is 14.6. The predicted molar refractivity (Wildman–Crippen MR) is 89.8 cm³/mol. The number of hydrogen-bond donors (Lipinski definition) is 3. The van der Waals surface area contributed by atoms with Gasteiger partial charge in [0, 0.05) is 24.0 Å². The van der Waals surface area contributed by atoms with E-state index in [1.54, 1.807) is 13.1 Å². The van der Waals surface area contributed by atoms with Crippen molar-refractivity contribution in [2.24, 2.45) is 10.7 Å². The van der Waals surface area contributed by atoms with E-state index in [-0.39, 0.29) is 5.96 Å². The normalized spacial score (nSPS) is 11.4. The van der Waals surface area contributed by atoms with Gasteiger partial charge in [-0.25, -0.2) is 0 Å². The number of benzene rings is 2. The number of ether oxygens (including phenoxy) is 1. The molecule has 0 aliphatic rings. The maximum absolute atomic E-state index is 12.0. The predicted octanol–water partition coefficient (Wildman–Crippen LogP) is 2.63. The van der Waals surface area contributed by atoms with Crippen LogP contribution >= 0.6 is 0 Å². The van der Waals surface area contributed by atoms with E-state index in [4.69, 9.17) is 10.5 Å². The standard InChI is InChI=1S/C17H16N4O2/c1-19-17(18)21-16(22)15-9-11-7-8-13(10-14(11)20-15)23-12-5-3-2-4-6-12/h2-10,20H,1H3,(H3,18,19,21,22). The third-order valence-electron chi connectivity index (χ3n) is 3.28. The summed E-state index contributed by atoms with van der Waals surface area (Å²) >= 11 is 0. The molecule has 2 aromatic carbocycles.